The van der Waals surface area contributed by atoms with Crippen molar-refractivity contribution in [1.82, 2.24) is 10.6 Å². The molecule has 0 bridgehead atoms. The third-order valence-electron chi connectivity index (χ3n) is 4.28. The van der Waals surface area contributed by atoms with Crippen LogP contribution in [0.1, 0.15) is 49.9 Å². The van der Waals surface area contributed by atoms with Gasteiger partial charge in [-0.2, -0.15) is 0 Å². The molecular weight excluding hydrogens is 328 g/mol. The van der Waals surface area contributed by atoms with E-state index in [0.717, 1.165) is 30.6 Å². The number of nitrogens with one attached hydrogen (secondary N) is 2. The smallest absolute Gasteiger partial charge is 0.307 e. The molecule has 132 valence electrons. The van der Waals surface area contributed by atoms with Crippen molar-refractivity contribution in [3.8, 4) is 0 Å². The molecule has 1 aromatic rings. The Morgan fingerprint density at radius 3 is 2.58 bits per heavy atom. The van der Waals surface area contributed by atoms with Crippen LogP contribution in [0.3, 0.4) is 0 Å². The number of amides is 2. The molecule has 1 fully saturated rings. The van der Waals surface area contributed by atoms with E-state index >= 15 is 0 Å². The van der Waals surface area contributed by atoms with Crippen molar-refractivity contribution in [3.63, 3.8) is 0 Å². The van der Waals surface area contributed by atoms with Crippen LogP contribution in [0.15, 0.2) is 17.5 Å². The summed E-state index contributed by atoms with van der Waals surface area (Å²) in [6.45, 7) is 1.66. The average Bonchev–Trinajstić information content (AvgIpc) is 3.26. The number of hydrogen-bond donors (Lipinski definition) is 2. The Hall–Kier alpha value is -1.89. The molecule has 24 heavy (non-hydrogen) atoms. The van der Waals surface area contributed by atoms with Gasteiger partial charge in [-0.05, 0) is 31.2 Å². The predicted molar refractivity (Wildman–Crippen MR) is 91.4 cm³/mol. The lowest BCUT2D eigenvalue weighted by Gasteiger charge is -2.21. The summed E-state index contributed by atoms with van der Waals surface area (Å²) < 4.78 is 4.70. The van der Waals surface area contributed by atoms with Crippen molar-refractivity contribution in [2.45, 2.75) is 51.1 Å². The van der Waals surface area contributed by atoms with Crippen LogP contribution in [-0.2, 0) is 19.1 Å². The van der Waals surface area contributed by atoms with Gasteiger partial charge in [0, 0.05) is 10.8 Å². The number of methoxy groups -OCH3 is 1. The highest BCUT2D eigenvalue weighted by Crippen LogP contribution is 2.25. The van der Waals surface area contributed by atoms with E-state index in [0.29, 0.717) is 0 Å². The quantitative estimate of drug-likeness (QED) is 0.737. The van der Waals surface area contributed by atoms with E-state index in [4.69, 9.17) is 4.74 Å². The summed E-state index contributed by atoms with van der Waals surface area (Å²) in [6, 6.07) is 2.64. The first-order chi connectivity index (χ1) is 11.5. The van der Waals surface area contributed by atoms with E-state index in [2.05, 4.69) is 10.6 Å². The summed E-state index contributed by atoms with van der Waals surface area (Å²) in [5, 5.41) is 7.50. The first-order valence-corrected chi connectivity index (χ1v) is 9.10. The summed E-state index contributed by atoms with van der Waals surface area (Å²) in [6.07, 6.45) is 3.98. The van der Waals surface area contributed by atoms with Gasteiger partial charge in [-0.15, -0.1) is 11.3 Å². The number of carbonyl (C=O) groups is 3. The van der Waals surface area contributed by atoms with E-state index in [-0.39, 0.29) is 24.2 Å². The molecule has 2 unspecified atom stereocenters. The molecular formula is C17H24N2O4S. The lowest BCUT2D eigenvalue weighted by molar-refractivity contribution is -0.141. The molecule has 7 heteroatoms. The zero-order chi connectivity index (χ0) is 17.5. The number of ether oxygens (including phenoxy) is 1. The normalized spacial score (nSPS) is 17.1. The highest BCUT2D eigenvalue weighted by atomic mass is 32.1. The van der Waals surface area contributed by atoms with E-state index < -0.39 is 18.1 Å². The molecule has 1 heterocycles. The Bertz CT molecular complexity index is 567. The van der Waals surface area contributed by atoms with Crippen molar-refractivity contribution in [2.75, 3.05) is 7.11 Å². The molecule has 2 atom stereocenters. The topological polar surface area (TPSA) is 84.5 Å². The number of thiophene rings is 1. The van der Waals surface area contributed by atoms with Crippen molar-refractivity contribution in [3.05, 3.63) is 22.4 Å². The number of esters is 1. The van der Waals surface area contributed by atoms with Crippen molar-refractivity contribution < 1.29 is 19.1 Å². The van der Waals surface area contributed by atoms with Gasteiger partial charge in [0.15, 0.2) is 0 Å². The third kappa shape index (κ3) is 5.06. The zero-order valence-electron chi connectivity index (χ0n) is 14.0. The predicted octanol–water partition coefficient (Wildman–Crippen LogP) is 2.16. The Balaban J connectivity index is 1.93. The van der Waals surface area contributed by atoms with Gasteiger partial charge in [-0.25, -0.2) is 0 Å². The van der Waals surface area contributed by atoms with E-state index in [1.54, 1.807) is 6.92 Å². The van der Waals surface area contributed by atoms with E-state index in [9.17, 15) is 14.4 Å². The van der Waals surface area contributed by atoms with Crippen LogP contribution in [0, 0.1) is 5.92 Å². The second kappa shape index (κ2) is 8.82. The largest absolute Gasteiger partial charge is 0.469 e. The lowest BCUT2D eigenvalue weighted by Crippen LogP contribution is -2.47. The summed E-state index contributed by atoms with van der Waals surface area (Å²) in [7, 11) is 1.32. The third-order valence-corrected chi connectivity index (χ3v) is 5.27. The molecule has 2 rings (SSSR count). The van der Waals surface area contributed by atoms with Gasteiger partial charge in [0.1, 0.15) is 6.04 Å². The fraction of sp³-hybridized carbons (Fsp3) is 0.588. The van der Waals surface area contributed by atoms with Crippen LogP contribution in [-0.4, -0.2) is 30.9 Å². The van der Waals surface area contributed by atoms with Crippen LogP contribution in [0.2, 0.25) is 0 Å². The highest BCUT2D eigenvalue weighted by molar-refractivity contribution is 7.10. The molecule has 0 aliphatic heterocycles. The van der Waals surface area contributed by atoms with Gasteiger partial charge in [-0.1, -0.05) is 18.9 Å². The fourth-order valence-electron chi connectivity index (χ4n) is 2.84. The maximum Gasteiger partial charge on any atom is 0.307 e. The van der Waals surface area contributed by atoms with Crippen molar-refractivity contribution >= 4 is 29.1 Å². The minimum atomic E-state index is -0.641. The Labute approximate surface area is 146 Å². The summed E-state index contributed by atoms with van der Waals surface area (Å²) in [4.78, 5) is 37.0. The Morgan fingerprint density at radius 1 is 1.29 bits per heavy atom. The van der Waals surface area contributed by atoms with Gasteiger partial charge in [0.05, 0.1) is 19.6 Å². The molecule has 0 aromatic carbocycles. The van der Waals surface area contributed by atoms with Gasteiger partial charge in [0.2, 0.25) is 11.8 Å². The van der Waals surface area contributed by atoms with Crippen LogP contribution in [0.5, 0.6) is 0 Å². The van der Waals surface area contributed by atoms with Crippen molar-refractivity contribution in [2.24, 2.45) is 5.92 Å². The SMILES string of the molecule is COC(=O)CC(NC(=O)C(C)NC(=O)C1CCCC1)c1cccs1. The standard InChI is InChI=1S/C17H24N2O4S/c1-11(18-17(22)12-6-3-4-7-12)16(21)19-13(10-15(20)23-2)14-8-5-9-24-14/h5,8-9,11-13H,3-4,6-7,10H2,1-2H3,(H,18,22)(H,19,21). The number of rotatable bonds is 7. The minimum absolute atomic E-state index is 0.0170. The molecule has 6 nitrogen and oxygen atoms in total. The first kappa shape index (κ1) is 18.4. The number of hydrogen-bond acceptors (Lipinski definition) is 5. The summed E-state index contributed by atoms with van der Waals surface area (Å²) in [5.41, 5.74) is 0. The average molecular weight is 352 g/mol. The van der Waals surface area contributed by atoms with Crippen molar-refractivity contribution in [1.29, 1.82) is 0 Å². The van der Waals surface area contributed by atoms with Gasteiger partial charge < -0.3 is 15.4 Å². The molecule has 1 aromatic heterocycles. The first-order valence-electron chi connectivity index (χ1n) is 8.22. The lowest BCUT2D eigenvalue weighted by atomic mass is 10.1. The van der Waals surface area contributed by atoms with Gasteiger partial charge >= 0.3 is 5.97 Å². The van der Waals surface area contributed by atoms with Crippen LogP contribution in [0.4, 0.5) is 0 Å². The van der Waals surface area contributed by atoms with E-state index in [1.807, 2.05) is 17.5 Å². The molecule has 1 saturated carbocycles. The monoisotopic (exact) mass is 352 g/mol. The second-order valence-electron chi connectivity index (χ2n) is 6.07. The minimum Gasteiger partial charge on any atom is -0.469 e. The maximum absolute atomic E-state index is 12.4. The summed E-state index contributed by atoms with van der Waals surface area (Å²) >= 11 is 1.46. The molecule has 2 amide bonds. The molecule has 0 spiro atoms. The molecule has 1 aliphatic carbocycles. The molecule has 0 saturated heterocycles. The number of carbonyl (C=O) groups excluding carboxylic acids is 3. The maximum atomic E-state index is 12.4. The molecule has 0 radical (unpaired) electrons. The fourth-order valence-corrected chi connectivity index (χ4v) is 3.62. The van der Waals surface area contributed by atoms with Gasteiger partial charge in [0.25, 0.3) is 0 Å². The Morgan fingerprint density at radius 2 is 2.00 bits per heavy atom. The van der Waals surface area contributed by atoms with Crippen LogP contribution >= 0.6 is 11.3 Å². The van der Waals surface area contributed by atoms with Crippen LogP contribution < -0.4 is 10.6 Å². The summed E-state index contributed by atoms with van der Waals surface area (Å²) in [5.74, 6) is -0.737. The van der Waals surface area contributed by atoms with Crippen LogP contribution in [0.25, 0.3) is 0 Å². The zero-order valence-corrected chi connectivity index (χ0v) is 14.9. The molecule has 1 aliphatic rings. The van der Waals surface area contributed by atoms with Gasteiger partial charge in [-0.3, -0.25) is 14.4 Å². The molecule has 2 N–H and O–H groups in total. The Kier molecular flexibility index (Phi) is 6.78. The highest BCUT2D eigenvalue weighted by Gasteiger charge is 2.27. The second-order valence-corrected chi connectivity index (χ2v) is 7.05. The van der Waals surface area contributed by atoms with E-state index in [1.165, 1.54) is 18.4 Å².